The minimum Gasteiger partial charge on any atom is -0.481 e. The Labute approximate surface area is 185 Å². The molecule has 0 fully saturated rings. The summed E-state index contributed by atoms with van der Waals surface area (Å²) in [4.78, 5) is 21.0. The highest BCUT2D eigenvalue weighted by Gasteiger charge is 2.15. The van der Waals surface area contributed by atoms with Gasteiger partial charge in [0.1, 0.15) is 0 Å². The van der Waals surface area contributed by atoms with Gasteiger partial charge in [0, 0.05) is 29.8 Å². The molecule has 7 heteroatoms. The largest absolute Gasteiger partial charge is 0.481 e. The van der Waals surface area contributed by atoms with Crippen LogP contribution in [-0.4, -0.2) is 39.9 Å². The van der Waals surface area contributed by atoms with Crippen molar-refractivity contribution >= 4 is 16.8 Å². The van der Waals surface area contributed by atoms with Crippen molar-refractivity contribution in [3.63, 3.8) is 0 Å². The van der Waals surface area contributed by atoms with Gasteiger partial charge < -0.3 is 9.84 Å². The Morgan fingerprint density at radius 3 is 2.28 bits per heavy atom. The number of aliphatic hydroxyl groups excluding tert-OH is 1. The van der Waals surface area contributed by atoms with E-state index >= 15 is 0 Å². The van der Waals surface area contributed by atoms with E-state index in [9.17, 15) is 4.79 Å². The summed E-state index contributed by atoms with van der Waals surface area (Å²) >= 11 is 0. The monoisotopic (exact) mass is 429 g/mol. The van der Waals surface area contributed by atoms with E-state index in [0.717, 1.165) is 29.5 Å². The molecule has 0 aliphatic heterocycles. The summed E-state index contributed by atoms with van der Waals surface area (Å²) in [6.07, 6.45) is 3.11. The predicted molar refractivity (Wildman–Crippen MR) is 122 cm³/mol. The Morgan fingerprint density at radius 2 is 1.66 bits per heavy atom. The van der Waals surface area contributed by atoms with Gasteiger partial charge in [-0.2, -0.15) is 0 Å². The summed E-state index contributed by atoms with van der Waals surface area (Å²) < 4.78 is 5.18. The molecule has 0 unspecified atom stereocenters. The molecule has 4 rings (SSSR count). The second kappa shape index (κ2) is 9.55. The van der Waals surface area contributed by atoms with Crippen LogP contribution in [0.2, 0.25) is 0 Å². The van der Waals surface area contributed by atoms with E-state index in [0.29, 0.717) is 22.5 Å². The fraction of sp³-hybridized carbons (Fsp3) is 0.160. The molecular formula is C25H23N3O4. The highest BCUT2D eigenvalue weighted by Crippen LogP contribution is 2.28. The molecule has 1 amide bonds. The van der Waals surface area contributed by atoms with Crippen LogP contribution in [0.1, 0.15) is 22.3 Å². The van der Waals surface area contributed by atoms with Crippen molar-refractivity contribution in [2.24, 2.45) is 0 Å². The van der Waals surface area contributed by atoms with Crippen molar-refractivity contribution < 1.29 is 19.8 Å². The molecule has 0 aliphatic carbocycles. The summed E-state index contributed by atoms with van der Waals surface area (Å²) in [7, 11) is 1.51. The molecule has 0 aliphatic rings. The number of amides is 1. The molecule has 0 bridgehead atoms. The van der Waals surface area contributed by atoms with Gasteiger partial charge in [-0.3, -0.25) is 10.0 Å². The molecular weight excluding hydrogens is 406 g/mol. The molecule has 0 saturated carbocycles. The standard InChI is InChI=1S/C25H23N3O4/c1-32-24-14-23-21(15-26-24)20(25(30)28-31)13-22(27-23)19-10-8-18(9-11-19)17-6-4-16(5-7-17)3-2-12-29/h4-11,13-15,29,31H,2-3,12H2,1H3,(H,28,30). The van der Waals surface area contributed by atoms with Gasteiger partial charge in [-0.05, 0) is 35.6 Å². The third kappa shape index (κ3) is 4.44. The van der Waals surface area contributed by atoms with Gasteiger partial charge in [0.15, 0.2) is 0 Å². The van der Waals surface area contributed by atoms with E-state index in [-0.39, 0.29) is 12.2 Å². The predicted octanol–water partition coefficient (Wildman–Crippen LogP) is 4.02. The smallest absolute Gasteiger partial charge is 0.275 e. The summed E-state index contributed by atoms with van der Waals surface area (Å²) in [5.41, 5.74) is 7.26. The first-order valence-corrected chi connectivity index (χ1v) is 10.2. The van der Waals surface area contributed by atoms with Crippen molar-refractivity contribution in [2.75, 3.05) is 13.7 Å². The van der Waals surface area contributed by atoms with E-state index in [4.69, 9.17) is 15.1 Å². The maximum atomic E-state index is 12.2. The number of ether oxygens (including phenoxy) is 1. The lowest BCUT2D eigenvalue weighted by Crippen LogP contribution is -2.19. The van der Waals surface area contributed by atoms with Crippen LogP contribution in [-0.2, 0) is 6.42 Å². The van der Waals surface area contributed by atoms with Crippen LogP contribution >= 0.6 is 0 Å². The Hall–Kier alpha value is -3.81. The number of pyridine rings is 2. The number of hydroxylamine groups is 1. The molecule has 0 spiro atoms. The number of nitrogens with one attached hydrogen (secondary N) is 1. The Kier molecular flexibility index (Phi) is 6.39. The fourth-order valence-electron chi connectivity index (χ4n) is 3.59. The quantitative estimate of drug-likeness (QED) is 0.303. The SMILES string of the molecule is COc1cc2nc(-c3ccc(-c4ccc(CCCO)cc4)cc3)cc(C(=O)NO)c2cn1. The normalized spacial score (nSPS) is 10.8. The third-order valence-corrected chi connectivity index (χ3v) is 5.32. The number of hydrogen-bond donors (Lipinski definition) is 3. The summed E-state index contributed by atoms with van der Waals surface area (Å²) in [6, 6.07) is 19.5. The second-order valence-corrected chi connectivity index (χ2v) is 7.34. The van der Waals surface area contributed by atoms with Gasteiger partial charge in [0.2, 0.25) is 5.88 Å². The van der Waals surface area contributed by atoms with Crippen LogP contribution < -0.4 is 10.2 Å². The fourth-order valence-corrected chi connectivity index (χ4v) is 3.59. The number of methoxy groups -OCH3 is 1. The van der Waals surface area contributed by atoms with Crippen molar-refractivity contribution in [3.05, 3.63) is 78.0 Å². The lowest BCUT2D eigenvalue weighted by molar-refractivity contribution is 0.0708. The lowest BCUT2D eigenvalue weighted by Gasteiger charge is -2.10. The van der Waals surface area contributed by atoms with Gasteiger partial charge in [-0.15, -0.1) is 0 Å². The van der Waals surface area contributed by atoms with Crippen molar-refractivity contribution in [1.82, 2.24) is 15.4 Å². The number of fused-ring (bicyclic) bond motifs is 1. The molecule has 2 heterocycles. The molecule has 162 valence electrons. The van der Waals surface area contributed by atoms with Crippen LogP contribution in [0.15, 0.2) is 66.9 Å². The van der Waals surface area contributed by atoms with E-state index in [2.05, 4.69) is 34.2 Å². The molecule has 3 N–H and O–H groups in total. The maximum absolute atomic E-state index is 12.2. The molecule has 0 radical (unpaired) electrons. The summed E-state index contributed by atoms with van der Waals surface area (Å²) in [5, 5.41) is 18.7. The number of hydrogen-bond acceptors (Lipinski definition) is 6. The first kappa shape index (κ1) is 21.4. The number of benzene rings is 2. The zero-order valence-corrected chi connectivity index (χ0v) is 17.6. The minimum atomic E-state index is -0.636. The van der Waals surface area contributed by atoms with Gasteiger partial charge in [-0.1, -0.05) is 48.5 Å². The number of rotatable bonds is 7. The van der Waals surface area contributed by atoms with Crippen LogP contribution in [0.5, 0.6) is 5.88 Å². The minimum absolute atomic E-state index is 0.191. The first-order valence-electron chi connectivity index (χ1n) is 10.2. The highest BCUT2D eigenvalue weighted by atomic mass is 16.5. The number of nitrogens with zero attached hydrogens (tertiary/aromatic N) is 2. The Morgan fingerprint density at radius 1 is 1.00 bits per heavy atom. The van der Waals surface area contributed by atoms with Crippen LogP contribution in [0.25, 0.3) is 33.3 Å². The highest BCUT2D eigenvalue weighted by molar-refractivity contribution is 6.06. The maximum Gasteiger partial charge on any atom is 0.275 e. The Bertz CT molecular complexity index is 1240. The van der Waals surface area contributed by atoms with Crippen molar-refractivity contribution in [1.29, 1.82) is 0 Å². The summed E-state index contributed by atoms with van der Waals surface area (Å²) in [5.74, 6) is -0.251. The first-order chi connectivity index (χ1) is 15.6. The molecule has 0 saturated heterocycles. The van der Waals surface area contributed by atoms with Crippen molar-refractivity contribution in [3.8, 4) is 28.3 Å². The number of aromatic nitrogens is 2. The van der Waals surface area contributed by atoms with E-state index in [1.54, 1.807) is 17.6 Å². The molecule has 2 aromatic carbocycles. The zero-order chi connectivity index (χ0) is 22.5. The third-order valence-electron chi connectivity index (χ3n) is 5.32. The van der Waals surface area contributed by atoms with E-state index in [1.807, 2.05) is 24.3 Å². The van der Waals surface area contributed by atoms with E-state index < -0.39 is 5.91 Å². The van der Waals surface area contributed by atoms with Gasteiger partial charge in [-0.25, -0.2) is 15.4 Å². The molecule has 2 aromatic heterocycles. The van der Waals surface area contributed by atoms with Gasteiger partial charge in [0.05, 0.1) is 23.9 Å². The molecule has 4 aromatic rings. The van der Waals surface area contributed by atoms with Crippen molar-refractivity contribution in [2.45, 2.75) is 12.8 Å². The average molecular weight is 429 g/mol. The van der Waals surface area contributed by atoms with Gasteiger partial charge in [0.25, 0.3) is 5.91 Å². The van der Waals surface area contributed by atoms with Gasteiger partial charge >= 0.3 is 0 Å². The lowest BCUT2D eigenvalue weighted by atomic mass is 9.99. The average Bonchev–Trinajstić information content (AvgIpc) is 2.86. The van der Waals surface area contributed by atoms with Crippen LogP contribution in [0.3, 0.4) is 0 Å². The number of aryl methyl sites for hydroxylation is 1. The zero-order valence-electron chi connectivity index (χ0n) is 17.6. The second-order valence-electron chi connectivity index (χ2n) is 7.34. The topological polar surface area (TPSA) is 105 Å². The molecule has 32 heavy (non-hydrogen) atoms. The molecule has 7 nitrogen and oxygen atoms in total. The Balaban J connectivity index is 1.68. The van der Waals surface area contributed by atoms with Crippen LogP contribution in [0.4, 0.5) is 0 Å². The number of carbonyl (C=O) groups is 1. The summed E-state index contributed by atoms with van der Waals surface area (Å²) in [6.45, 7) is 0.191. The number of carbonyl (C=O) groups excluding carboxylic acids is 1. The van der Waals surface area contributed by atoms with E-state index in [1.165, 1.54) is 18.9 Å². The molecule has 0 atom stereocenters. The number of aliphatic hydroxyl groups is 1. The van der Waals surface area contributed by atoms with Crippen LogP contribution in [0, 0.1) is 0 Å².